The second kappa shape index (κ2) is 7.87. The highest BCUT2D eigenvalue weighted by molar-refractivity contribution is 6.05. The number of hydrogen-bond acceptors (Lipinski definition) is 5. The van der Waals surface area contributed by atoms with E-state index in [9.17, 15) is 14.4 Å². The number of likely N-dealkylation sites (tertiary alicyclic amines) is 1. The Morgan fingerprint density at radius 1 is 0.938 bits per heavy atom. The number of nitrogens with zero attached hydrogens (tertiary/aromatic N) is 2. The number of hydrogen-bond donors (Lipinski definition) is 1. The van der Waals surface area contributed by atoms with Gasteiger partial charge in [-0.3, -0.25) is 24.6 Å². The van der Waals surface area contributed by atoms with E-state index in [1.165, 1.54) is 45.2 Å². The van der Waals surface area contributed by atoms with E-state index in [0.29, 0.717) is 24.6 Å². The fraction of sp³-hybridized carbons (Fsp3) is 0.640. The van der Waals surface area contributed by atoms with Crippen LogP contribution < -0.4 is 10.1 Å². The van der Waals surface area contributed by atoms with E-state index < -0.39 is 6.04 Å². The zero-order valence-corrected chi connectivity index (χ0v) is 18.4. The molecule has 5 aliphatic rings. The number of nitrogens with one attached hydrogen (secondary N) is 1. The predicted molar refractivity (Wildman–Crippen MR) is 117 cm³/mol. The van der Waals surface area contributed by atoms with Crippen LogP contribution in [-0.2, 0) is 16.1 Å². The second-order valence-corrected chi connectivity index (χ2v) is 10.3. The van der Waals surface area contributed by atoms with Crippen LogP contribution in [-0.4, -0.2) is 58.8 Å². The number of amides is 3. The van der Waals surface area contributed by atoms with E-state index in [-0.39, 0.29) is 30.2 Å². The van der Waals surface area contributed by atoms with Crippen molar-refractivity contribution in [1.82, 2.24) is 15.1 Å². The minimum atomic E-state index is -0.578. The van der Waals surface area contributed by atoms with Gasteiger partial charge in [0.05, 0.1) is 0 Å². The molecule has 0 aromatic heterocycles. The summed E-state index contributed by atoms with van der Waals surface area (Å²) in [5.74, 6) is 1.93. The lowest BCUT2D eigenvalue weighted by Gasteiger charge is -2.48. The SMILES string of the molecule is O=C1CCC(N2Cc3cc(OC4CCCC[C@@H]4N4CC(C5CC5)C4)ccc3C2=O)C(=O)N1. The van der Waals surface area contributed by atoms with Crippen LogP contribution in [0.5, 0.6) is 5.75 Å². The van der Waals surface area contributed by atoms with E-state index in [1.54, 1.807) is 4.90 Å². The lowest BCUT2D eigenvalue weighted by atomic mass is 9.85. The molecular weight excluding hydrogens is 406 g/mol. The molecule has 2 unspecified atom stereocenters. The standard InChI is InChI=1S/C25H31N3O4/c29-23-10-9-21(24(30)26-23)28-14-16-11-18(7-8-19(16)25(28)31)32-22-4-2-1-3-20(22)27-12-17(13-27)15-5-6-15/h7-8,11,15,17,20-22H,1-6,9-10,12-14H2,(H,26,29,30)/t20-,21?,22?/m0/s1. The molecule has 32 heavy (non-hydrogen) atoms. The maximum atomic E-state index is 12.9. The van der Waals surface area contributed by atoms with Crippen LogP contribution in [0.25, 0.3) is 0 Å². The maximum absolute atomic E-state index is 12.9. The van der Waals surface area contributed by atoms with Gasteiger partial charge >= 0.3 is 0 Å². The fourth-order valence-corrected chi connectivity index (χ4v) is 6.12. The molecule has 1 aromatic rings. The highest BCUT2D eigenvalue weighted by Crippen LogP contribution is 2.43. The van der Waals surface area contributed by atoms with Crippen LogP contribution in [0.3, 0.4) is 0 Å². The van der Waals surface area contributed by atoms with E-state index in [0.717, 1.165) is 29.6 Å². The van der Waals surface area contributed by atoms with Crippen LogP contribution in [0.4, 0.5) is 0 Å². The highest BCUT2D eigenvalue weighted by atomic mass is 16.5. The zero-order valence-electron chi connectivity index (χ0n) is 18.4. The second-order valence-electron chi connectivity index (χ2n) is 10.3. The van der Waals surface area contributed by atoms with Gasteiger partial charge in [-0.25, -0.2) is 0 Å². The molecule has 6 rings (SSSR count). The molecule has 0 radical (unpaired) electrons. The van der Waals surface area contributed by atoms with Gasteiger partial charge in [-0.05, 0) is 74.1 Å². The topological polar surface area (TPSA) is 79.0 Å². The summed E-state index contributed by atoms with van der Waals surface area (Å²) in [4.78, 5) is 40.9. The molecule has 2 aliphatic carbocycles. The fourth-order valence-electron chi connectivity index (χ4n) is 6.12. The van der Waals surface area contributed by atoms with Gasteiger partial charge in [0.15, 0.2) is 0 Å². The van der Waals surface area contributed by atoms with Crippen molar-refractivity contribution in [3.05, 3.63) is 29.3 Å². The van der Waals surface area contributed by atoms with Gasteiger partial charge < -0.3 is 9.64 Å². The van der Waals surface area contributed by atoms with Crippen LogP contribution in [0.15, 0.2) is 18.2 Å². The number of benzene rings is 1. The molecule has 1 aromatic carbocycles. The van der Waals surface area contributed by atoms with E-state index in [1.807, 2.05) is 18.2 Å². The molecule has 0 bridgehead atoms. The number of fused-ring (bicyclic) bond motifs is 1. The molecule has 7 heteroatoms. The molecule has 3 atom stereocenters. The predicted octanol–water partition coefficient (Wildman–Crippen LogP) is 2.48. The largest absolute Gasteiger partial charge is 0.489 e. The average Bonchev–Trinajstić information content (AvgIpc) is 3.52. The summed E-state index contributed by atoms with van der Waals surface area (Å²) in [7, 11) is 0. The molecular formula is C25H31N3O4. The molecule has 4 fully saturated rings. The number of ether oxygens (including phenoxy) is 1. The summed E-state index contributed by atoms with van der Waals surface area (Å²) in [6.45, 7) is 2.85. The van der Waals surface area contributed by atoms with Crippen molar-refractivity contribution in [2.24, 2.45) is 11.8 Å². The quantitative estimate of drug-likeness (QED) is 0.716. The third-order valence-corrected chi connectivity index (χ3v) is 8.15. The third-order valence-electron chi connectivity index (χ3n) is 8.15. The van der Waals surface area contributed by atoms with Crippen LogP contribution >= 0.6 is 0 Å². The molecule has 2 saturated carbocycles. The summed E-state index contributed by atoms with van der Waals surface area (Å²) in [5.41, 5.74) is 1.54. The van der Waals surface area contributed by atoms with E-state index in [2.05, 4.69) is 10.2 Å². The van der Waals surface area contributed by atoms with Crippen molar-refractivity contribution in [1.29, 1.82) is 0 Å². The first-order valence-electron chi connectivity index (χ1n) is 12.2. The van der Waals surface area contributed by atoms with Crippen LogP contribution in [0, 0.1) is 11.8 Å². The Labute approximate surface area is 188 Å². The molecule has 3 amide bonds. The smallest absolute Gasteiger partial charge is 0.255 e. The lowest BCUT2D eigenvalue weighted by Crippen LogP contribution is -2.58. The Morgan fingerprint density at radius 2 is 1.75 bits per heavy atom. The first kappa shape index (κ1) is 20.2. The Kier molecular flexibility index (Phi) is 4.97. The number of carbonyl (C=O) groups is 3. The molecule has 1 N–H and O–H groups in total. The van der Waals surface area contributed by atoms with E-state index >= 15 is 0 Å². The number of imide groups is 1. The minimum Gasteiger partial charge on any atom is -0.489 e. The van der Waals surface area contributed by atoms with Gasteiger partial charge in [-0.1, -0.05) is 6.42 Å². The molecule has 170 valence electrons. The number of rotatable bonds is 5. The van der Waals surface area contributed by atoms with Gasteiger partial charge in [0, 0.05) is 37.7 Å². The molecule has 7 nitrogen and oxygen atoms in total. The normalized spacial score (nSPS) is 31.3. The van der Waals surface area contributed by atoms with Crippen molar-refractivity contribution in [2.45, 2.75) is 76.1 Å². The molecule has 3 heterocycles. The van der Waals surface area contributed by atoms with Gasteiger partial charge in [-0.2, -0.15) is 0 Å². The minimum absolute atomic E-state index is 0.136. The van der Waals surface area contributed by atoms with E-state index in [4.69, 9.17) is 4.74 Å². The third kappa shape index (κ3) is 3.60. The molecule has 2 saturated heterocycles. The Hall–Kier alpha value is -2.41. The highest BCUT2D eigenvalue weighted by Gasteiger charge is 2.44. The van der Waals surface area contributed by atoms with Crippen molar-refractivity contribution in [2.75, 3.05) is 13.1 Å². The van der Waals surface area contributed by atoms with Crippen LogP contribution in [0.1, 0.15) is 67.3 Å². The van der Waals surface area contributed by atoms with Gasteiger partial charge in [0.25, 0.3) is 5.91 Å². The first-order valence-corrected chi connectivity index (χ1v) is 12.2. The van der Waals surface area contributed by atoms with Crippen LogP contribution in [0.2, 0.25) is 0 Å². The van der Waals surface area contributed by atoms with Gasteiger partial charge in [0.1, 0.15) is 17.9 Å². The molecule has 0 spiro atoms. The zero-order chi connectivity index (χ0) is 21.8. The van der Waals surface area contributed by atoms with Crippen molar-refractivity contribution in [3.63, 3.8) is 0 Å². The summed E-state index contributed by atoms with van der Waals surface area (Å²) in [5, 5.41) is 2.36. The average molecular weight is 438 g/mol. The Balaban J connectivity index is 1.13. The Bertz CT molecular complexity index is 953. The summed E-state index contributed by atoms with van der Waals surface area (Å²) >= 11 is 0. The summed E-state index contributed by atoms with van der Waals surface area (Å²) < 4.78 is 6.52. The van der Waals surface area contributed by atoms with Crippen molar-refractivity contribution < 1.29 is 19.1 Å². The van der Waals surface area contributed by atoms with Crippen molar-refractivity contribution >= 4 is 17.7 Å². The summed E-state index contributed by atoms with van der Waals surface area (Å²) in [6.07, 6.45) is 8.46. The lowest BCUT2D eigenvalue weighted by molar-refractivity contribution is -0.136. The van der Waals surface area contributed by atoms with Gasteiger partial charge in [0.2, 0.25) is 11.8 Å². The Morgan fingerprint density at radius 3 is 2.53 bits per heavy atom. The number of piperidine rings is 1. The maximum Gasteiger partial charge on any atom is 0.255 e. The van der Waals surface area contributed by atoms with Crippen molar-refractivity contribution in [3.8, 4) is 5.75 Å². The van der Waals surface area contributed by atoms with Gasteiger partial charge in [-0.15, -0.1) is 0 Å². The summed E-state index contributed by atoms with van der Waals surface area (Å²) in [6, 6.07) is 5.63. The first-order chi connectivity index (χ1) is 15.6. The monoisotopic (exact) mass is 437 g/mol. The molecule has 3 aliphatic heterocycles. The number of carbonyl (C=O) groups excluding carboxylic acids is 3.